The van der Waals surface area contributed by atoms with Crippen LogP contribution >= 0.6 is 11.6 Å². The minimum atomic E-state index is -1.14. The van der Waals surface area contributed by atoms with E-state index in [1.807, 2.05) is 58.9 Å². The monoisotopic (exact) mass is 603 g/mol. The summed E-state index contributed by atoms with van der Waals surface area (Å²) in [6.45, 7) is 9.88. The molecule has 0 bridgehead atoms. The quantitative estimate of drug-likeness (QED) is 0.219. The summed E-state index contributed by atoms with van der Waals surface area (Å²) in [6.07, 6.45) is 4.90. The molecule has 2 aromatic rings. The van der Waals surface area contributed by atoms with Gasteiger partial charge in [0.2, 0.25) is 11.8 Å². The molecule has 4 amide bonds. The summed E-state index contributed by atoms with van der Waals surface area (Å²) in [5.41, 5.74) is 1.41. The van der Waals surface area contributed by atoms with Crippen molar-refractivity contribution in [2.75, 3.05) is 0 Å². The minimum absolute atomic E-state index is 0.0308. The van der Waals surface area contributed by atoms with Gasteiger partial charge in [0.05, 0.1) is 0 Å². The van der Waals surface area contributed by atoms with Gasteiger partial charge in [-0.2, -0.15) is 0 Å². The van der Waals surface area contributed by atoms with Crippen molar-refractivity contribution in [2.24, 2.45) is 5.92 Å². The van der Waals surface area contributed by atoms with Crippen molar-refractivity contribution in [3.63, 3.8) is 0 Å². The van der Waals surface area contributed by atoms with Crippen LogP contribution in [0.1, 0.15) is 85.1 Å². The third kappa shape index (κ3) is 8.63. The maximum atomic E-state index is 13.8. The lowest BCUT2D eigenvalue weighted by molar-refractivity contribution is -0.142. The Morgan fingerprint density at radius 1 is 1.00 bits per heavy atom. The van der Waals surface area contributed by atoms with Gasteiger partial charge in [-0.25, -0.2) is 9.59 Å². The van der Waals surface area contributed by atoms with E-state index in [2.05, 4.69) is 20.9 Å². The van der Waals surface area contributed by atoms with Crippen LogP contribution in [-0.4, -0.2) is 69.0 Å². The summed E-state index contributed by atoms with van der Waals surface area (Å²) < 4.78 is 0. The Kier molecular flexibility index (Phi) is 12.1. The molecule has 11 heteroatoms. The molecule has 1 saturated heterocycles. The van der Waals surface area contributed by atoms with Crippen LogP contribution in [0.5, 0.6) is 0 Å². The van der Waals surface area contributed by atoms with Crippen LogP contribution in [0.3, 0.4) is 0 Å². The number of carbonyl (C=O) groups is 4. The summed E-state index contributed by atoms with van der Waals surface area (Å²) in [6, 6.07) is 4.13. The number of fused-ring (bicyclic) bond motifs is 1. The number of benzene rings is 1. The zero-order chi connectivity index (χ0) is 31.0. The normalized spacial score (nSPS) is 19.3. The van der Waals surface area contributed by atoms with Crippen LogP contribution in [0, 0.1) is 5.92 Å². The summed E-state index contributed by atoms with van der Waals surface area (Å²) >= 11 is 6.53. The molecular weight excluding hydrogens is 558 g/mol. The Balaban J connectivity index is 1.88. The number of aromatic amines is 1. The van der Waals surface area contributed by atoms with Crippen LogP contribution in [-0.2, 0) is 20.8 Å². The van der Waals surface area contributed by atoms with Crippen LogP contribution in [0.25, 0.3) is 10.9 Å². The summed E-state index contributed by atoms with van der Waals surface area (Å²) in [4.78, 5) is 57.5. The van der Waals surface area contributed by atoms with E-state index in [1.54, 1.807) is 4.90 Å². The third-order valence-electron chi connectivity index (χ3n) is 8.01. The molecule has 1 aliphatic rings. The number of H-pyrrole nitrogens is 1. The lowest BCUT2D eigenvalue weighted by Crippen LogP contribution is -2.59. The standard InChI is InChI=1S/C31H46ClN5O5/c1-6-7-14-24(30(40)41)34-29(39)26(17-22-21-13-8-9-15-23(21)33-27(22)32)35-28(38)25(16-18(2)3)36-31(42)37-19(4)11-10-12-20(37)5/h8-9,13,15,18-20,24-26,33H,6-7,10-12,14,16-17H2,1-5H3,(H,34,39)(H,35,38)(H,36,42)(H,40,41)/t19-,20+,24-,25+,26-/m1/s1. The average molecular weight is 604 g/mol. The maximum Gasteiger partial charge on any atom is 0.326 e. The first-order valence-corrected chi connectivity index (χ1v) is 15.5. The van der Waals surface area contributed by atoms with Gasteiger partial charge in [-0.15, -0.1) is 0 Å². The average Bonchev–Trinajstić information content (AvgIpc) is 3.24. The lowest BCUT2D eigenvalue weighted by atomic mass is 9.97. The third-order valence-corrected chi connectivity index (χ3v) is 8.34. The number of nitrogens with zero attached hydrogens (tertiary/aromatic N) is 1. The van der Waals surface area contributed by atoms with Crippen molar-refractivity contribution in [3.05, 3.63) is 35.0 Å². The van der Waals surface area contributed by atoms with Gasteiger partial charge >= 0.3 is 12.0 Å². The Hall–Kier alpha value is -3.27. The molecule has 0 radical (unpaired) electrons. The molecule has 0 aliphatic carbocycles. The first kappa shape index (κ1) is 33.2. The molecule has 0 unspecified atom stereocenters. The molecule has 3 rings (SSSR count). The molecule has 1 aromatic heterocycles. The van der Waals surface area contributed by atoms with Crippen LogP contribution < -0.4 is 16.0 Å². The zero-order valence-electron chi connectivity index (χ0n) is 25.3. The predicted molar refractivity (Wildman–Crippen MR) is 164 cm³/mol. The van der Waals surface area contributed by atoms with Gasteiger partial charge in [0.15, 0.2) is 0 Å². The number of halogens is 1. The van der Waals surface area contributed by atoms with Crippen LogP contribution in [0.4, 0.5) is 4.79 Å². The topological polar surface area (TPSA) is 144 Å². The second-order valence-corrected chi connectivity index (χ2v) is 12.3. The Bertz CT molecular complexity index is 1240. The predicted octanol–water partition coefficient (Wildman–Crippen LogP) is 5.00. The van der Waals surface area contributed by atoms with E-state index >= 15 is 0 Å². The Morgan fingerprint density at radius 3 is 2.24 bits per heavy atom. The van der Waals surface area contributed by atoms with E-state index in [0.29, 0.717) is 23.6 Å². The molecule has 42 heavy (non-hydrogen) atoms. The van der Waals surface area contributed by atoms with E-state index in [-0.39, 0.29) is 36.9 Å². The molecular formula is C31H46ClN5O5. The van der Waals surface area contributed by atoms with Gasteiger partial charge in [-0.3, -0.25) is 9.59 Å². The molecule has 2 heterocycles. The zero-order valence-corrected chi connectivity index (χ0v) is 26.1. The van der Waals surface area contributed by atoms with E-state index in [9.17, 15) is 24.3 Å². The van der Waals surface area contributed by atoms with Gasteiger partial charge in [0.1, 0.15) is 23.3 Å². The Morgan fingerprint density at radius 2 is 1.62 bits per heavy atom. The highest BCUT2D eigenvalue weighted by molar-refractivity contribution is 6.31. The van der Waals surface area contributed by atoms with Gasteiger partial charge < -0.3 is 30.9 Å². The molecule has 1 aliphatic heterocycles. The summed E-state index contributed by atoms with van der Waals surface area (Å²) in [5.74, 6) is -2.19. The van der Waals surface area contributed by atoms with Crippen LogP contribution in [0.15, 0.2) is 24.3 Å². The molecule has 10 nitrogen and oxygen atoms in total. The number of hydrogen-bond acceptors (Lipinski definition) is 4. The number of unbranched alkanes of at least 4 members (excludes halogenated alkanes) is 1. The van der Waals surface area contributed by atoms with E-state index < -0.39 is 35.9 Å². The van der Waals surface area contributed by atoms with Crippen molar-refractivity contribution >= 4 is 46.3 Å². The van der Waals surface area contributed by atoms with E-state index in [4.69, 9.17) is 11.6 Å². The second kappa shape index (κ2) is 15.3. The van der Waals surface area contributed by atoms with Crippen molar-refractivity contribution < 1.29 is 24.3 Å². The largest absolute Gasteiger partial charge is 0.480 e. The molecule has 232 valence electrons. The second-order valence-electron chi connectivity index (χ2n) is 11.9. The number of rotatable bonds is 13. The van der Waals surface area contributed by atoms with Crippen molar-refractivity contribution in [1.82, 2.24) is 25.8 Å². The number of urea groups is 1. The number of carboxylic acid groups (broad SMARTS) is 1. The number of nitrogens with one attached hydrogen (secondary N) is 4. The number of hydrogen-bond donors (Lipinski definition) is 5. The van der Waals surface area contributed by atoms with Gasteiger partial charge in [-0.05, 0) is 63.5 Å². The number of carboxylic acids is 1. The smallest absolute Gasteiger partial charge is 0.326 e. The molecule has 1 fully saturated rings. The molecule has 5 N–H and O–H groups in total. The molecule has 0 saturated carbocycles. The Labute approximate surface area is 253 Å². The highest BCUT2D eigenvalue weighted by Crippen LogP contribution is 2.27. The fraction of sp³-hybridized carbons (Fsp3) is 0.613. The SMILES string of the molecule is CCCC[C@@H](NC(=O)[C@@H](Cc1c(Cl)[nH]c2ccccc12)NC(=O)[C@H](CC(C)C)NC(=O)N1[C@H](C)CCC[C@@H]1C)C(=O)O. The number of amides is 4. The molecule has 1 aromatic carbocycles. The fourth-order valence-corrected chi connectivity index (χ4v) is 6.02. The van der Waals surface area contributed by atoms with E-state index in [0.717, 1.165) is 36.6 Å². The summed E-state index contributed by atoms with van der Waals surface area (Å²) in [5, 5.41) is 19.2. The number of aromatic nitrogens is 1. The fourth-order valence-electron chi connectivity index (χ4n) is 5.74. The number of likely N-dealkylation sites (tertiary alicyclic amines) is 1. The first-order valence-electron chi connectivity index (χ1n) is 15.1. The number of piperidine rings is 1. The highest BCUT2D eigenvalue weighted by atomic mass is 35.5. The maximum absolute atomic E-state index is 13.8. The molecule has 0 spiro atoms. The van der Waals surface area contributed by atoms with Crippen LogP contribution in [0.2, 0.25) is 5.15 Å². The molecule has 5 atom stereocenters. The van der Waals surface area contributed by atoms with Crippen molar-refractivity contribution in [2.45, 2.75) is 116 Å². The van der Waals surface area contributed by atoms with Crippen molar-refractivity contribution in [1.29, 1.82) is 0 Å². The van der Waals surface area contributed by atoms with E-state index in [1.165, 1.54) is 0 Å². The summed E-state index contributed by atoms with van der Waals surface area (Å²) in [7, 11) is 0. The number of para-hydroxylation sites is 1. The number of aliphatic carboxylic acids is 1. The van der Waals surface area contributed by atoms with Gasteiger partial charge in [0.25, 0.3) is 0 Å². The minimum Gasteiger partial charge on any atom is -0.480 e. The van der Waals surface area contributed by atoms with Gasteiger partial charge in [-0.1, -0.05) is 63.4 Å². The van der Waals surface area contributed by atoms with Gasteiger partial charge in [0, 0.05) is 29.4 Å². The van der Waals surface area contributed by atoms with Crippen molar-refractivity contribution in [3.8, 4) is 0 Å². The first-order chi connectivity index (χ1) is 19.9. The number of carbonyl (C=O) groups excluding carboxylic acids is 3. The lowest BCUT2D eigenvalue weighted by Gasteiger charge is -2.39. The highest BCUT2D eigenvalue weighted by Gasteiger charge is 2.34.